The third-order valence-corrected chi connectivity index (χ3v) is 4.51. The molecule has 3 rings (SSSR count). The van der Waals surface area contributed by atoms with Crippen LogP contribution in [0.4, 0.5) is 21.8 Å². The van der Waals surface area contributed by atoms with E-state index in [9.17, 15) is 4.39 Å². The molecule has 134 valence electrons. The van der Waals surface area contributed by atoms with Crippen molar-refractivity contribution in [3.63, 3.8) is 0 Å². The summed E-state index contributed by atoms with van der Waals surface area (Å²) in [4.78, 5) is 13.4. The minimum atomic E-state index is -0.327. The molecule has 0 aliphatic carbocycles. The lowest BCUT2D eigenvalue weighted by molar-refractivity contribution is 0.631. The largest absolute Gasteiger partial charge is 0.352 e. The molecule has 26 heavy (non-hydrogen) atoms. The minimum Gasteiger partial charge on any atom is -0.352 e. The third kappa shape index (κ3) is 4.66. The van der Waals surface area contributed by atoms with E-state index in [1.54, 1.807) is 18.3 Å². The molecule has 1 atom stereocenters. The van der Waals surface area contributed by atoms with Gasteiger partial charge < -0.3 is 10.6 Å². The highest BCUT2D eigenvalue weighted by Crippen LogP contribution is 2.25. The van der Waals surface area contributed by atoms with E-state index in [-0.39, 0.29) is 11.9 Å². The summed E-state index contributed by atoms with van der Waals surface area (Å²) in [6.45, 7) is 4.14. The zero-order valence-electron chi connectivity index (χ0n) is 14.5. The molecule has 0 saturated heterocycles. The van der Waals surface area contributed by atoms with Crippen LogP contribution >= 0.6 is 22.6 Å². The van der Waals surface area contributed by atoms with Crippen LogP contribution in [0, 0.1) is 9.39 Å². The smallest absolute Gasteiger partial charge is 0.225 e. The first-order valence-corrected chi connectivity index (χ1v) is 9.42. The van der Waals surface area contributed by atoms with Gasteiger partial charge in [0, 0.05) is 21.9 Å². The van der Waals surface area contributed by atoms with Crippen molar-refractivity contribution >= 4 is 40.0 Å². The molecule has 0 aliphatic rings. The number of benzene rings is 1. The second-order valence-corrected chi connectivity index (χ2v) is 7.13. The predicted octanol–water partition coefficient (Wildman–Crippen LogP) is 5.24. The van der Waals surface area contributed by atoms with Gasteiger partial charge in [-0.05, 0) is 66.3 Å². The van der Waals surface area contributed by atoms with Crippen molar-refractivity contribution in [3.8, 4) is 11.4 Å². The standard InChI is InChI=1S/C19H19FIN5/c1-3-12(2)23-19-25-17(16-6-4-5-9-22-16)11-18(26-19)24-15-8-7-13(21)10-14(15)20/h4-12H,3H2,1-2H3,(H2,23,24,25,26)/t12-/m0/s1. The molecule has 0 amide bonds. The molecule has 0 radical (unpaired) electrons. The fraction of sp³-hybridized carbons (Fsp3) is 0.211. The minimum absolute atomic E-state index is 0.219. The summed E-state index contributed by atoms with van der Waals surface area (Å²) in [5.41, 5.74) is 1.76. The summed E-state index contributed by atoms with van der Waals surface area (Å²) in [5.74, 6) is 0.661. The fourth-order valence-electron chi connectivity index (χ4n) is 2.27. The maximum Gasteiger partial charge on any atom is 0.225 e. The van der Waals surface area contributed by atoms with E-state index in [1.807, 2.05) is 24.3 Å². The van der Waals surface area contributed by atoms with Crippen LogP contribution in [0.15, 0.2) is 48.7 Å². The predicted molar refractivity (Wildman–Crippen MR) is 111 cm³/mol. The average Bonchev–Trinajstić information content (AvgIpc) is 2.64. The Morgan fingerprint density at radius 2 is 1.96 bits per heavy atom. The zero-order valence-corrected chi connectivity index (χ0v) is 16.7. The van der Waals surface area contributed by atoms with Crippen molar-refractivity contribution in [3.05, 3.63) is 58.0 Å². The molecule has 3 aromatic rings. The third-order valence-electron chi connectivity index (χ3n) is 3.84. The van der Waals surface area contributed by atoms with E-state index < -0.39 is 0 Å². The molecule has 0 saturated carbocycles. The van der Waals surface area contributed by atoms with Crippen LogP contribution < -0.4 is 10.6 Å². The fourth-order valence-corrected chi connectivity index (χ4v) is 2.73. The van der Waals surface area contributed by atoms with E-state index in [2.05, 4.69) is 62.0 Å². The molecule has 0 unspecified atom stereocenters. The maximum absolute atomic E-state index is 14.2. The Bertz CT molecular complexity index is 888. The average molecular weight is 463 g/mol. The molecular formula is C19H19FIN5. The number of pyridine rings is 1. The van der Waals surface area contributed by atoms with Crippen LogP contribution in [-0.4, -0.2) is 21.0 Å². The number of nitrogens with zero attached hydrogens (tertiary/aromatic N) is 3. The van der Waals surface area contributed by atoms with Crippen molar-refractivity contribution in [2.45, 2.75) is 26.3 Å². The van der Waals surface area contributed by atoms with E-state index in [0.29, 0.717) is 23.1 Å². The van der Waals surface area contributed by atoms with E-state index >= 15 is 0 Å². The van der Waals surface area contributed by atoms with Gasteiger partial charge in [0.05, 0.1) is 17.1 Å². The maximum atomic E-state index is 14.2. The number of hydrogen-bond acceptors (Lipinski definition) is 5. The second kappa shape index (κ2) is 8.39. The van der Waals surface area contributed by atoms with Gasteiger partial charge in [-0.3, -0.25) is 4.98 Å². The first-order chi connectivity index (χ1) is 12.5. The summed E-state index contributed by atoms with van der Waals surface area (Å²) < 4.78 is 15.0. The van der Waals surface area contributed by atoms with Gasteiger partial charge in [-0.25, -0.2) is 9.37 Å². The lowest BCUT2D eigenvalue weighted by Crippen LogP contribution is -2.16. The highest BCUT2D eigenvalue weighted by atomic mass is 127. The number of aromatic nitrogens is 3. The molecule has 0 fully saturated rings. The summed E-state index contributed by atoms with van der Waals surface area (Å²) in [5, 5.41) is 6.31. The van der Waals surface area contributed by atoms with E-state index in [0.717, 1.165) is 15.7 Å². The van der Waals surface area contributed by atoms with Crippen LogP contribution in [0.3, 0.4) is 0 Å². The summed E-state index contributed by atoms with van der Waals surface area (Å²) in [7, 11) is 0. The van der Waals surface area contributed by atoms with E-state index in [1.165, 1.54) is 6.07 Å². The Hall–Kier alpha value is -2.29. The Kier molecular flexibility index (Phi) is 5.97. The van der Waals surface area contributed by atoms with Gasteiger partial charge in [0.15, 0.2) is 0 Å². The molecule has 0 spiro atoms. The number of rotatable bonds is 6. The van der Waals surface area contributed by atoms with Crippen molar-refractivity contribution in [2.24, 2.45) is 0 Å². The van der Waals surface area contributed by atoms with Gasteiger partial charge in [0.2, 0.25) is 5.95 Å². The highest BCUT2D eigenvalue weighted by Gasteiger charge is 2.11. The second-order valence-electron chi connectivity index (χ2n) is 5.88. The van der Waals surface area contributed by atoms with Crippen molar-refractivity contribution in [1.82, 2.24) is 15.0 Å². The number of nitrogens with one attached hydrogen (secondary N) is 2. The topological polar surface area (TPSA) is 62.7 Å². The Morgan fingerprint density at radius 3 is 2.65 bits per heavy atom. The van der Waals surface area contributed by atoms with Crippen LogP contribution in [0.5, 0.6) is 0 Å². The first-order valence-electron chi connectivity index (χ1n) is 8.34. The van der Waals surface area contributed by atoms with Gasteiger partial charge in [-0.2, -0.15) is 4.98 Å². The van der Waals surface area contributed by atoms with Gasteiger partial charge >= 0.3 is 0 Å². The van der Waals surface area contributed by atoms with Crippen molar-refractivity contribution in [2.75, 3.05) is 10.6 Å². The van der Waals surface area contributed by atoms with Gasteiger partial charge in [0.25, 0.3) is 0 Å². The number of hydrogen-bond donors (Lipinski definition) is 2. The Morgan fingerprint density at radius 1 is 1.12 bits per heavy atom. The lowest BCUT2D eigenvalue weighted by Gasteiger charge is -2.14. The van der Waals surface area contributed by atoms with Gasteiger partial charge in [-0.1, -0.05) is 13.0 Å². The SMILES string of the molecule is CC[C@H](C)Nc1nc(Nc2ccc(I)cc2F)cc(-c2ccccn2)n1. The molecule has 0 aliphatic heterocycles. The van der Waals surface area contributed by atoms with Crippen molar-refractivity contribution < 1.29 is 4.39 Å². The zero-order chi connectivity index (χ0) is 18.5. The number of anilines is 3. The molecule has 5 nitrogen and oxygen atoms in total. The lowest BCUT2D eigenvalue weighted by atomic mass is 10.2. The van der Waals surface area contributed by atoms with Crippen LogP contribution in [0.2, 0.25) is 0 Å². The Labute approximate surface area is 165 Å². The monoisotopic (exact) mass is 463 g/mol. The van der Waals surface area contributed by atoms with Gasteiger partial charge in [-0.15, -0.1) is 0 Å². The van der Waals surface area contributed by atoms with Crippen LogP contribution in [-0.2, 0) is 0 Å². The quantitative estimate of drug-likeness (QED) is 0.490. The molecule has 0 bridgehead atoms. The summed E-state index contributed by atoms with van der Waals surface area (Å²) in [6.07, 6.45) is 2.65. The Balaban J connectivity index is 1.98. The first kappa shape index (κ1) is 18.5. The molecule has 7 heteroatoms. The highest BCUT2D eigenvalue weighted by molar-refractivity contribution is 14.1. The molecule has 2 heterocycles. The summed E-state index contributed by atoms with van der Waals surface area (Å²) >= 11 is 2.08. The summed E-state index contributed by atoms with van der Waals surface area (Å²) in [6, 6.07) is 12.6. The molecule has 2 aromatic heterocycles. The van der Waals surface area contributed by atoms with Crippen LogP contribution in [0.1, 0.15) is 20.3 Å². The van der Waals surface area contributed by atoms with Crippen LogP contribution in [0.25, 0.3) is 11.4 Å². The molecular weight excluding hydrogens is 444 g/mol. The normalized spacial score (nSPS) is 11.8. The van der Waals surface area contributed by atoms with Crippen molar-refractivity contribution in [1.29, 1.82) is 0 Å². The van der Waals surface area contributed by atoms with E-state index in [4.69, 9.17) is 0 Å². The molecule has 2 N–H and O–H groups in total. The molecule has 1 aromatic carbocycles. The van der Waals surface area contributed by atoms with Gasteiger partial charge in [0.1, 0.15) is 11.6 Å². The number of halogens is 2.